The quantitative estimate of drug-likeness (QED) is 0.806. The predicted molar refractivity (Wildman–Crippen MR) is 59.7 cm³/mol. The van der Waals surface area contributed by atoms with E-state index in [0.717, 1.165) is 13.0 Å². The maximum absolute atomic E-state index is 11.0. The van der Waals surface area contributed by atoms with Crippen LogP contribution in [0.4, 0.5) is 0 Å². The van der Waals surface area contributed by atoms with E-state index in [1.54, 1.807) is 11.3 Å². The summed E-state index contributed by atoms with van der Waals surface area (Å²) in [6.45, 7) is 2.95. The molecule has 0 bridgehead atoms. The van der Waals surface area contributed by atoms with Crippen LogP contribution in [0.5, 0.6) is 0 Å². The molecule has 1 aromatic rings. The second kappa shape index (κ2) is 4.72. The molecule has 0 aliphatic carbocycles. The van der Waals surface area contributed by atoms with Gasteiger partial charge in [0, 0.05) is 36.1 Å². The number of carbonyl (C=O) groups is 1. The van der Waals surface area contributed by atoms with E-state index in [1.165, 1.54) is 4.88 Å². The minimum atomic E-state index is 0.173. The number of thiazole rings is 1. The largest absolute Gasteiger partial charge is 0.352 e. The van der Waals surface area contributed by atoms with Crippen molar-refractivity contribution in [3.8, 4) is 0 Å². The van der Waals surface area contributed by atoms with Gasteiger partial charge in [0.15, 0.2) is 0 Å². The van der Waals surface area contributed by atoms with Crippen LogP contribution in [0.3, 0.4) is 0 Å². The third-order valence-corrected chi connectivity index (χ3v) is 3.59. The fourth-order valence-electron chi connectivity index (χ4n) is 1.69. The number of aromatic nitrogens is 1. The molecule has 2 heterocycles. The van der Waals surface area contributed by atoms with Crippen LogP contribution in [0, 0.1) is 0 Å². The molecular formula is C10H15N3OS. The van der Waals surface area contributed by atoms with Crippen LogP contribution in [0.15, 0.2) is 11.7 Å². The average Bonchev–Trinajstić information content (AvgIpc) is 2.84. The monoisotopic (exact) mass is 225 g/mol. The Morgan fingerprint density at radius 2 is 2.67 bits per heavy atom. The van der Waals surface area contributed by atoms with E-state index < -0.39 is 0 Å². The van der Waals surface area contributed by atoms with Gasteiger partial charge in [0.1, 0.15) is 0 Å². The Bertz CT molecular complexity index is 325. The first-order valence-electron chi connectivity index (χ1n) is 5.17. The molecule has 0 spiro atoms. The van der Waals surface area contributed by atoms with Crippen LogP contribution in [0.2, 0.25) is 0 Å². The van der Waals surface area contributed by atoms with E-state index in [1.807, 2.05) is 11.7 Å². The second-order valence-electron chi connectivity index (χ2n) is 3.84. The van der Waals surface area contributed by atoms with E-state index in [2.05, 4.69) is 22.5 Å². The second-order valence-corrected chi connectivity index (χ2v) is 4.75. The van der Waals surface area contributed by atoms with Crippen LogP contribution in [0.25, 0.3) is 0 Å². The van der Waals surface area contributed by atoms with Crippen molar-refractivity contribution in [1.29, 1.82) is 0 Å². The van der Waals surface area contributed by atoms with Crippen molar-refractivity contribution in [3.63, 3.8) is 0 Å². The van der Waals surface area contributed by atoms with Gasteiger partial charge >= 0.3 is 0 Å². The minimum Gasteiger partial charge on any atom is -0.352 e. The van der Waals surface area contributed by atoms with Crippen LogP contribution in [-0.4, -0.2) is 23.5 Å². The number of rotatable bonds is 4. The van der Waals surface area contributed by atoms with Gasteiger partial charge in [-0.15, -0.1) is 11.3 Å². The summed E-state index contributed by atoms with van der Waals surface area (Å²) in [7, 11) is 0. The van der Waals surface area contributed by atoms with Gasteiger partial charge in [-0.25, -0.2) is 0 Å². The molecule has 2 rings (SSSR count). The minimum absolute atomic E-state index is 0.173. The average molecular weight is 225 g/mol. The van der Waals surface area contributed by atoms with Gasteiger partial charge in [-0.1, -0.05) is 0 Å². The van der Waals surface area contributed by atoms with Crippen LogP contribution < -0.4 is 10.6 Å². The molecule has 1 aliphatic rings. The van der Waals surface area contributed by atoms with Gasteiger partial charge in [0.2, 0.25) is 5.91 Å². The molecule has 2 atom stereocenters. The third-order valence-electron chi connectivity index (χ3n) is 2.63. The first-order chi connectivity index (χ1) is 7.25. The Balaban J connectivity index is 1.76. The fraction of sp³-hybridized carbons (Fsp3) is 0.600. The SMILES string of the molecule is CC(NCC1CCC(=O)N1)c1cncs1. The van der Waals surface area contributed by atoms with E-state index >= 15 is 0 Å². The van der Waals surface area contributed by atoms with Gasteiger partial charge < -0.3 is 10.6 Å². The van der Waals surface area contributed by atoms with Crippen molar-refractivity contribution in [3.05, 3.63) is 16.6 Å². The highest BCUT2D eigenvalue weighted by Crippen LogP contribution is 2.16. The number of nitrogens with one attached hydrogen (secondary N) is 2. The smallest absolute Gasteiger partial charge is 0.220 e. The number of hydrogen-bond donors (Lipinski definition) is 2. The van der Waals surface area contributed by atoms with Crippen molar-refractivity contribution in [2.75, 3.05) is 6.54 Å². The summed E-state index contributed by atoms with van der Waals surface area (Å²) in [6, 6.07) is 0.614. The number of carbonyl (C=O) groups excluding carboxylic acids is 1. The summed E-state index contributed by atoms with van der Waals surface area (Å²) >= 11 is 1.65. The zero-order valence-electron chi connectivity index (χ0n) is 8.69. The number of nitrogens with zero attached hydrogens (tertiary/aromatic N) is 1. The molecule has 82 valence electrons. The van der Waals surface area contributed by atoms with Crippen LogP contribution >= 0.6 is 11.3 Å². The molecule has 0 aromatic carbocycles. The van der Waals surface area contributed by atoms with E-state index in [-0.39, 0.29) is 5.91 Å². The molecule has 15 heavy (non-hydrogen) atoms. The summed E-state index contributed by atoms with van der Waals surface area (Å²) in [5, 5.41) is 6.34. The Kier molecular flexibility index (Phi) is 3.33. The molecule has 1 aliphatic heterocycles. The van der Waals surface area contributed by atoms with E-state index in [4.69, 9.17) is 0 Å². The Hall–Kier alpha value is -0.940. The molecule has 0 radical (unpaired) electrons. The van der Waals surface area contributed by atoms with Crippen molar-refractivity contribution < 1.29 is 4.79 Å². The van der Waals surface area contributed by atoms with Crippen molar-refractivity contribution in [2.24, 2.45) is 0 Å². The normalized spacial score (nSPS) is 22.7. The maximum Gasteiger partial charge on any atom is 0.220 e. The van der Waals surface area contributed by atoms with E-state index in [9.17, 15) is 4.79 Å². The van der Waals surface area contributed by atoms with Crippen molar-refractivity contribution >= 4 is 17.2 Å². The molecule has 0 saturated carbocycles. The fourth-order valence-corrected chi connectivity index (χ4v) is 2.34. The van der Waals surface area contributed by atoms with Gasteiger partial charge in [0.25, 0.3) is 0 Å². The number of hydrogen-bond acceptors (Lipinski definition) is 4. The molecule has 5 heteroatoms. The standard InChI is InChI=1S/C10H15N3OS/c1-7(9-5-11-6-15-9)12-4-8-2-3-10(14)13-8/h5-8,12H,2-4H2,1H3,(H,13,14). The molecule has 2 N–H and O–H groups in total. The van der Waals surface area contributed by atoms with Crippen LogP contribution in [-0.2, 0) is 4.79 Å². The summed E-state index contributed by atoms with van der Waals surface area (Å²) < 4.78 is 0. The molecule has 1 saturated heterocycles. The Morgan fingerprint density at radius 3 is 3.27 bits per heavy atom. The molecule has 2 unspecified atom stereocenters. The number of amides is 1. The van der Waals surface area contributed by atoms with Crippen molar-refractivity contribution in [1.82, 2.24) is 15.6 Å². The Labute approximate surface area is 93.1 Å². The lowest BCUT2D eigenvalue weighted by atomic mass is 10.2. The lowest BCUT2D eigenvalue weighted by Crippen LogP contribution is -2.36. The molecule has 1 aromatic heterocycles. The summed E-state index contributed by atoms with van der Waals surface area (Å²) in [4.78, 5) is 16.3. The molecular weight excluding hydrogens is 210 g/mol. The zero-order valence-corrected chi connectivity index (χ0v) is 9.51. The van der Waals surface area contributed by atoms with Crippen molar-refractivity contribution in [2.45, 2.75) is 31.8 Å². The van der Waals surface area contributed by atoms with Crippen LogP contribution in [0.1, 0.15) is 30.7 Å². The molecule has 1 fully saturated rings. The first-order valence-corrected chi connectivity index (χ1v) is 6.05. The molecule has 4 nitrogen and oxygen atoms in total. The van der Waals surface area contributed by atoms with Gasteiger partial charge in [-0.3, -0.25) is 9.78 Å². The lowest BCUT2D eigenvalue weighted by molar-refractivity contribution is -0.119. The highest BCUT2D eigenvalue weighted by atomic mass is 32.1. The van der Waals surface area contributed by atoms with Gasteiger partial charge in [-0.05, 0) is 13.3 Å². The van der Waals surface area contributed by atoms with Gasteiger partial charge in [0.05, 0.1) is 5.51 Å². The summed E-state index contributed by atoms with van der Waals surface area (Å²) in [5.74, 6) is 0.173. The zero-order chi connectivity index (χ0) is 10.7. The Morgan fingerprint density at radius 1 is 1.80 bits per heavy atom. The summed E-state index contributed by atoms with van der Waals surface area (Å²) in [5.41, 5.74) is 1.84. The van der Waals surface area contributed by atoms with E-state index in [0.29, 0.717) is 18.5 Å². The lowest BCUT2D eigenvalue weighted by Gasteiger charge is -2.15. The highest BCUT2D eigenvalue weighted by Gasteiger charge is 2.20. The molecule has 1 amide bonds. The highest BCUT2D eigenvalue weighted by molar-refractivity contribution is 7.09. The maximum atomic E-state index is 11.0. The summed E-state index contributed by atoms with van der Waals surface area (Å²) in [6.07, 6.45) is 3.50. The topological polar surface area (TPSA) is 54.0 Å². The van der Waals surface area contributed by atoms with Gasteiger partial charge in [-0.2, -0.15) is 0 Å². The first kappa shape index (κ1) is 10.6. The third kappa shape index (κ3) is 2.76. The predicted octanol–water partition coefficient (Wildman–Crippen LogP) is 1.07.